The van der Waals surface area contributed by atoms with Gasteiger partial charge in [0.25, 0.3) is 11.8 Å². The van der Waals surface area contributed by atoms with Gasteiger partial charge in [0, 0.05) is 25.0 Å². The number of carbonyl (C=O) groups excluding carboxylic acids is 4. The summed E-state index contributed by atoms with van der Waals surface area (Å²) in [7, 11) is 1.55. The first-order valence-electron chi connectivity index (χ1n) is 7.31. The molecule has 0 saturated carbocycles. The number of carbonyl (C=O) groups is 4. The number of hydrogen-bond acceptors (Lipinski definition) is 8. The molecule has 0 aromatic heterocycles. The molecule has 0 unspecified atom stereocenters. The molecule has 10 heteroatoms. The molecule has 2 aliphatic rings. The number of anilines is 1. The maximum Gasteiger partial charge on any atom is 0.267 e. The number of rotatable bonds is 4. The predicted molar refractivity (Wildman–Crippen MR) is 92.2 cm³/mol. The smallest absolute Gasteiger partial charge is 0.267 e. The van der Waals surface area contributed by atoms with Crippen LogP contribution in [0.25, 0.3) is 5.57 Å². The number of nitrogens with zero attached hydrogens (tertiary/aromatic N) is 2. The highest BCUT2D eigenvalue weighted by molar-refractivity contribution is 8.26. The minimum Gasteiger partial charge on any atom is -0.550 e. The summed E-state index contributed by atoms with van der Waals surface area (Å²) in [6.45, 7) is 0. The molecule has 0 aliphatic carbocycles. The number of carboxylic acids is 2. The molecule has 8 nitrogen and oxygen atoms in total. The Hall–Kier alpha value is -2.72. The van der Waals surface area contributed by atoms with Crippen LogP contribution in [0.5, 0.6) is 0 Å². The summed E-state index contributed by atoms with van der Waals surface area (Å²) < 4.78 is -0.159. The first-order valence-corrected chi connectivity index (χ1v) is 8.54. The second-order valence-corrected chi connectivity index (χ2v) is 7.18. The van der Waals surface area contributed by atoms with Crippen LogP contribution in [-0.2, 0) is 19.2 Å². The highest BCUT2D eigenvalue weighted by Gasteiger charge is 2.43. The maximum absolute atomic E-state index is 12.8. The van der Waals surface area contributed by atoms with E-state index in [0.29, 0.717) is 16.2 Å². The highest BCUT2D eigenvalue weighted by atomic mass is 32.2. The molecule has 0 spiro atoms. The Morgan fingerprint density at radius 3 is 2.46 bits per heavy atom. The van der Waals surface area contributed by atoms with Gasteiger partial charge in [0.2, 0.25) is 0 Å². The minimum absolute atomic E-state index is 0.0404. The van der Waals surface area contributed by atoms with E-state index in [0.717, 1.165) is 11.8 Å². The number of likely N-dealkylation sites (N-methyl/N-ethyl adjacent to an activating group) is 1. The summed E-state index contributed by atoms with van der Waals surface area (Å²) >= 11 is 5.81. The Morgan fingerprint density at radius 2 is 1.85 bits per heavy atom. The van der Waals surface area contributed by atoms with Gasteiger partial charge in [0.1, 0.15) is 4.32 Å². The third-order valence-corrected chi connectivity index (χ3v) is 5.42. The van der Waals surface area contributed by atoms with E-state index >= 15 is 0 Å². The van der Waals surface area contributed by atoms with Crippen molar-refractivity contribution in [2.75, 3.05) is 11.9 Å². The van der Waals surface area contributed by atoms with E-state index in [1.165, 1.54) is 4.90 Å². The number of thioether (sulfide) groups is 1. The van der Waals surface area contributed by atoms with Gasteiger partial charge in [0.15, 0.2) is 0 Å². The maximum atomic E-state index is 12.8. The van der Waals surface area contributed by atoms with E-state index in [9.17, 15) is 29.4 Å². The third kappa shape index (κ3) is 2.76. The highest BCUT2D eigenvalue weighted by Crippen LogP contribution is 2.44. The largest absolute Gasteiger partial charge is 0.550 e. The standard InChI is InChI=1S/C16H12N2O6S2/c1-17-8-5-3-2-4-7(8)11(13(17)21)12-14(22)18(16(25)26-12)9(15(23)24)6-10(19)20/h2-5,9H,6H2,1H3,(H,19,20)(H,23,24)/p-2/b12-11+/t9-/m1/s1. The van der Waals surface area contributed by atoms with Crippen LogP contribution in [0.2, 0.25) is 0 Å². The molecule has 0 N–H and O–H groups in total. The van der Waals surface area contributed by atoms with E-state index in [4.69, 9.17) is 12.2 Å². The molecule has 1 atom stereocenters. The van der Waals surface area contributed by atoms with Gasteiger partial charge < -0.3 is 24.7 Å². The zero-order chi connectivity index (χ0) is 19.2. The van der Waals surface area contributed by atoms with Gasteiger partial charge in [-0.2, -0.15) is 0 Å². The third-order valence-electron chi connectivity index (χ3n) is 4.02. The van der Waals surface area contributed by atoms with Crippen LogP contribution >= 0.6 is 24.0 Å². The van der Waals surface area contributed by atoms with Gasteiger partial charge in [0.05, 0.1) is 28.2 Å². The van der Waals surface area contributed by atoms with Gasteiger partial charge in [-0.1, -0.05) is 42.2 Å². The quantitative estimate of drug-likeness (QED) is 0.450. The lowest BCUT2D eigenvalue weighted by molar-refractivity contribution is -0.319. The van der Waals surface area contributed by atoms with Crippen molar-refractivity contribution < 1.29 is 29.4 Å². The first kappa shape index (κ1) is 18.1. The van der Waals surface area contributed by atoms with Crippen molar-refractivity contribution >= 4 is 63.3 Å². The predicted octanol–water partition coefficient (Wildman–Crippen LogP) is -1.51. The number of carboxylic acid groups (broad SMARTS) is 2. The topological polar surface area (TPSA) is 121 Å². The Labute approximate surface area is 157 Å². The summed E-state index contributed by atoms with van der Waals surface area (Å²) in [5, 5.41) is 22.1. The van der Waals surface area contributed by atoms with E-state index < -0.39 is 36.2 Å². The number of benzene rings is 1. The second-order valence-electron chi connectivity index (χ2n) is 5.54. The zero-order valence-corrected chi connectivity index (χ0v) is 14.9. The van der Waals surface area contributed by atoms with Crippen LogP contribution in [-0.4, -0.2) is 46.1 Å². The fourth-order valence-electron chi connectivity index (χ4n) is 2.83. The molecule has 2 aliphatic heterocycles. The van der Waals surface area contributed by atoms with Crippen LogP contribution in [0.1, 0.15) is 12.0 Å². The van der Waals surface area contributed by atoms with Crippen molar-refractivity contribution in [3.63, 3.8) is 0 Å². The van der Waals surface area contributed by atoms with Gasteiger partial charge in [-0.25, -0.2) is 0 Å². The van der Waals surface area contributed by atoms with Gasteiger partial charge >= 0.3 is 0 Å². The van der Waals surface area contributed by atoms with E-state index in [1.54, 1.807) is 31.3 Å². The van der Waals surface area contributed by atoms with Gasteiger partial charge in [-0.15, -0.1) is 0 Å². The lowest BCUT2D eigenvalue weighted by atomic mass is 10.1. The summed E-state index contributed by atoms with van der Waals surface area (Å²) in [5.74, 6) is -4.71. The van der Waals surface area contributed by atoms with Gasteiger partial charge in [-0.05, 0) is 6.07 Å². The van der Waals surface area contributed by atoms with E-state index in [2.05, 4.69) is 0 Å². The summed E-state index contributed by atoms with van der Waals surface area (Å²) in [4.78, 5) is 49.5. The minimum atomic E-state index is -1.81. The molecule has 1 saturated heterocycles. The molecule has 1 fully saturated rings. The number of thiocarbonyl (C=S) groups is 1. The second kappa shape index (κ2) is 6.54. The van der Waals surface area contributed by atoms with Crippen molar-refractivity contribution in [2.45, 2.75) is 12.5 Å². The molecule has 0 radical (unpaired) electrons. The molecular weight excluding hydrogens is 380 g/mol. The SMILES string of the molecule is CN1C(=O)/C(=C2/SC(=S)N([C@H](CC(=O)[O-])C(=O)[O-])C2=O)c2ccccc21. The molecule has 26 heavy (non-hydrogen) atoms. The summed E-state index contributed by atoms with van der Waals surface area (Å²) in [5.41, 5.74) is 1.22. The Bertz CT molecular complexity index is 910. The van der Waals surface area contributed by atoms with Crippen molar-refractivity contribution in [1.29, 1.82) is 0 Å². The summed E-state index contributed by atoms with van der Waals surface area (Å²) in [6.07, 6.45) is -0.970. The molecule has 0 bridgehead atoms. The van der Waals surface area contributed by atoms with Crippen molar-refractivity contribution in [3.05, 3.63) is 34.7 Å². The van der Waals surface area contributed by atoms with Crippen LogP contribution < -0.4 is 15.1 Å². The lowest BCUT2D eigenvalue weighted by Gasteiger charge is -2.27. The first-order chi connectivity index (χ1) is 12.2. The molecule has 1 aromatic rings. The Morgan fingerprint density at radius 1 is 1.19 bits per heavy atom. The fourth-order valence-corrected chi connectivity index (χ4v) is 4.25. The number of aliphatic carboxylic acids is 2. The zero-order valence-electron chi connectivity index (χ0n) is 13.3. The number of fused-ring (bicyclic) bond motifs is 1. The average Bonchev–Trinajstić information content (AvgIpc) is 2.99. The van der Waals surface area contributed by atoms with Crippen LogP contribution in [0, 0.1) is 0 Å². The monoisotopic (exact) mass is 390 g/mol. The average molecular weight is 390 g/mol. The Balaban J connectivity index is 2.09. The molecule has 2 heterocycles. The van der Waals surface area contributed by atoms with Crippen molar-refractivity contribution in [1.82, 2.24) is 4.90 Å². The number of amides is 2. The van der Waals surface area contributed by atoms with Crippen LogP contribution in [0.4, 0.5) is 5.69 Å². The van der Waals surface area contributed by atoms with Crippen molar-refractivity contribution in [2.24, 2.45) is 0 Å². The van der Waals surface area contributed by atoms with Crippen LogP contribution in [0.15, 0.2) is 29.2 Å². The van der Waals surface area contributed by atoms with Gasteiger partial charge in [-0.3, -0.25) is 14.5 Å². The lowest BCUT2D eigenvalue weighted by Crippen LogP contribution is -2.52. The Kier molecular flexibility index (Phi) is 4.55. The number of hydrogen-bond donors (Lipinski definition) is 0. The van der Waals surface area contributed by atoms with Crippen molar-refractivity contribution in [3.8, 4) is 0 Å². The number of para-hydroxylation sites is 1. The summed E-state index contributed by atoms with van der Waals surface area (Å²) in [6, 6.07) is 5.00. The molecule has 2 amide bonds. The van der Waals surface area contributed by atoms with E-state index in [1.807, 2.05) is 0 Å². The normalized spacial score (nSPS) is 20.6. The fraction of sp³-hybridized carbons (Fsp3) is 0.188. The van der Waals surface area contributed by atoms with Crippen LogP contribution in [0.3, 0.4) is 0 Å². The van der Waals surface area contributed by atoms with E-state index in [-0.39, 0.29) is 14.8 Å². The molecule has 1 aromatic carbocycles. The molecule has 3 rings (SSSR count). The molecular formula is C16H10N2O6S2-2. The molecule has 134 valence electrons.